The van der Waals surface area contributed by atoms with Gasteiger partial charge in [0.2, 0.25) is 0 Å². The second kappa shape index (κ2) is 5.80. The van der Waals surface area contributed by atoms with Crippen LogP contribution in [0.15, 0.2) is 24.3 Å². The van der Waals surface area contributed by atoms with Crippen LogP contribution in [0.4, 0.5) is 0 Å². The molecule has 0 heterocycles. The van der Waals surface area contributed by atoms with Crippen LogP contribution >= 0.6 is 11.8 Å². The van der Waals surface area contributed by atoms with Crippen molar-refractivity contribution in [2.24, 2.45) is 5.41 Å². The molecule has 0 radical (unpaired) electrons. The van der Waals surface area contributed by atoms with E-state index in [1.807, 2.05) is 11.8 Å². The summed E-state index contributed by atoms with van der Waals surface area (Å²) < 4.78 is 5.29. The SMILES string of the molecule is COC(=O)C1(CSC(C)(C)C)CCc2ccccc2C1. The van der Waals surface area contributed by atoms with Gasteiger partial charge in [-0.15, -0.1) is 0 Å². The summed E-state index contributed by atoms with van der Waals surface area (Å²) in [4.78, 5) is 12.4. The Kier molecular flexibility index (Phi) is 4.48. The Bertz CT molecular complexity index is 490. The van der Waals surface area contributed by atoms with Crippen LogP contribution in [0.5, 0.6) is 0 Å². The maximum Gasteiger partial charge on any atom is 0.312 e. The zero-order valence-corrected chi connectivity index (χ0v) is 13.7. The molecule has 1 aromatic rings. The number of ether oxygens (including phenoxy) is 1. The predicted molar refractivity (Wildman–Crippen MR) is 85.1 cm³/mol. The predicted octanol–water partition coefficient (Wildman–Crippen LogP) is 3.87. The van der Waals surface area contributed by atoms with E-state index in [-0.39, 0.29) is 16.1 Å². The first-order chi connectivity index (χ1) is 9.36. The molecule has 0 bridgehead atoms. The highest BCUT2D eigenvalue weighted by Gasteiger charge is 2.43. The number of hydrogen-bond donors (Lipinski definition) is 0. The van der Waals surface area contributed by atoms with Crippen molar-refractivity contribution in [2.45, 2.75) is 44.8 Å². The van der Waals surface area contributed by atoms with Gasteiger partial charge in [-0.25, -0.2) is 0 Å². The number of methoxy groups -OCH3 is 1. The van der Waals surface area contributed by atoms with Gasteiger partial charge in [-0.1, -0.05) is 45.0 Å². The topological polar surface area (TPSA) is 26.3 Å². The number of esters is 1. The number of carbonyl (C=O) groups excluding carboxylic acids is 1. The standard InChI is InChI=1S/C17H24O2S/c1-16(2,3)20-12-17(15(18)19-4)10-9-13-7-5-6-8-14(13)11-17/h5-8H,9-12H2,1-4H3. The lowest BCUT2D eigenvalue weighted by molar-refractivity contribution is -0.152. The lowest BCUT2D eigenvalue weighted by Gasteiger charge is -2.37. The first kappa shape index (κ1) is 15.4. The van der Waals surface area contributed by atoms with E-state index in [0.717, 1.165) is 25.0 Å². The summed E-state index contributed by atoms with van der Waals surface area (Å²) in [5, 5.41) is 0. The van der Waals surface area contributed by atoms with E-state index in [2.05, 4.69) is 45.0 Å². The molecule has 0 aromatic heterocycles. The fraction of sp³-hybridized carbons (Fsp3) is 0.588. The Morgan fingerprint density at radius 3 is 2.55 bits per heavy atom. The fourth-order valence-electron chi connectivity index (χ4n) is 2.73. The van der Waals surface area contributed by atoms with Gasteiger partial charge < -0.3 is 4.74 Å². The molecule has 0 saturated carbocycles. The first-order valence-corrected chi connectivity index (χ1v) is 8.14. The van der Waals surface area contributed by atoms with Gasteiger partial charge >= 0.3 is 5.97 Å². The van der Waals surface area contributed by atoms with Gasteiger partial charge in [-0.05, 0) is 30.4 Å². The number of carbonyl (C=O) groups is 1. The molecule has 1 aromatic carbocycles. The molecule has 1 aliphatic carbocycles. The van der Waals surface area contributed by atoms with Crippen LogP contribution in [0.25, 0.3) is 0 Å². The first-order valence-electron chi connectivity index (χ1n) is 7.15. The van der Waals surface area contributed by atoms with Gasteiger partial charge in [0.15, 0.2) is 0 Å². The average Bonchev–Trinajstić information content (AvgIpc) is 2.43. The molecule has 1 unspecified atom stereocenters. The maximum absolute atomic E-state index is 12.4. The largest absolute Gasteiger partial charge is 0.469 e. The molecular formula is C17H24O2S. The van der Waals surface area contributed by atoms with E-state index in [1.165, 1.54) is 18.2 Å². The quantitative estimate of drug-likeness (QED) is 0.791. The minimum atomic E-state index is -0.360. The van der Waals surface area contributed by atoms with Crippen molar-refractivity contribution in [3.8, 4) is 0 Å². The maximum atomic E-state index is 12.4. The number of hydrogen-bond acceptors (Lipinski definition) is 3. The summed E-state index contributed by atoms with van der Waals surface area (Å²) in [5.74, 6) is 0.779. The third-order valence-corrected chi connectivity index (χ3v) is 5.48. The minimum absolute atomic E-state index is 0.0521. The molecule has 2 rings (SSSR count). The van der Waals surface area contributed by atoms with Gasteiger partial charge in [-0.3, -0.25) is 4.79 Å². The molecule has 2 nitrogen and oxygen atoms in total. The normalized spacial score (nSPS) is 22.2. The van der Waals surface area contributed by atoms with Gasteiger partial charge in [0.25, 0.3) is 0 Å². The number of benzene rings is 1. The summed E-state index contributed by atoms with van der Waals surface area (Å²) >= 11 is 1.86. The van der Waals surface area contributed by atoms with Gasteiger partial charge in [0, 0.05) is 10.5 Å². The van der Waals surface area contributed by atoms with Crippen molar-refractivity contribution >= 4 is 17.7 Å². The number of rotatable bonds is 3. The second-order valence-corrected chi connectivity index (χ2v) is 8.42. The van der Waals surface area contributed by atoms with E-state index >= 15 is 0 Å². The van der Waals surface area contributed by atoms with Crippen molar-refractivity contribution in [1.82, 2.24) is 0 Å². The van der Waals surface area contributed by atoms with Gasteiger partial charge in [0.05, 0.1) is 12.5 Å². The van der Waals surface area contributed by atoms with E-state index in [1.54, 1.807) is 0 Å². The van der Waals surface area contributed by atoms with Crippen LogP contribution in [-0.2, 0) is 22.4 Å². The molecule has 1 atom stereocenters. The van der Waals surface area contributed by atoms with Crippen molar-refractivity contribution in [1.29, 1.82) is 0 Å². The van der Waals surface area contributed by atoms with Crippen LogP contribution in [0.3, 0.4) is 0 Å². The smallest absolute Gasteiger partial charge is 0.312 e. The fourth-order valence-corrected chi connectivity index (χ4v) is 3.80. The summed E-state index contributed by atoms with van der Waals surface area (Å²) in [7, 11) is 1.51. The third kappa shape index (κ3) is 3.38. The van der Waals surface area contributed by atoms with Crippen LogP contribution in [0.1, 0.15) is 38.3 Å². The molecule has 0 saturated heterocycles. The van der Waals surface area contributed by atoms with E-state index in [0.29, 0.717) is 0 Å². The number of thioether (sulfide) groups is 1. The van der Waals surface area contributed by atoms with Gasteiger partial charge in [-0.2, -0.15) is 11.8 Å². The highest BCUT2D eigenvalue weighted by atomic mass is 32.2. The summed E-state index contributed by atoms with van der Waals surface area (Å²) in [6.07, 6.45) is 2.66. The van der Waals surface area contributed by atoms with E-state index in [4.69, 9.17) is 4.74 Å². The Balaban J connectivity index is 2.24. The Hall–Kier alpha value is -0.960. The van der Waals surface area contributed by atoms with Crippen LogP contribution in [-0.4, -0.2) is 23.6 Å². The molecule has 0 aliphatic heterocycles. The number of fused-ring (bicyclic) bond motifs is 1. The molecule has 110 valence electrons. The van der Waals surface area contributed by atoms with Crippen molar-refractivity contribution in [2.75, 3.05) is 12.9 Å². The highest BCUT2D eigenvalue weighted by molar-refractivity contribution is 8.00. The molecule has 3 heteroatoms. The van der Waals surface area contributed by atoms with E-state index < -0.39 is 0 Å². The molecule has 0 fully saturated rings. The van der Waals surface area contributed by atoms with E-state index in [9.17, 15) is 4.79 Å². The summed E-state index contributed by atoms with van der Waals surface area (Å²) in [5.41, 5.74) is 2.33. The average molecular weight is 292 g/mol. The number of aryl methyl sites for hydroxylation is 1. The lowest BCUT2D eigenvalue weighted by atomic mass is 9.73. The van der Waals surface area contributed by atoms with Crippen LogP contribution in [0, 0.1) is 5.41 Å². The molecule has 1 aliphatic rings. The zero-order chi connectivity index (χ0) is 14.8. The summed E-state index contributed by atoms with van der Waals surface area (Å²) in [6.45, 7) is 6.58. The minimum Gasteiger partial charge on any atom is -0.469 e. The Morgan fingerprint density at radius 2 is 1.95 bits per heavy atom. The van der Waals surface area contributed by atoms with Crippen molar-refractivity contribution in [3.05, 3.63) is 35.4 Å². The summed E-state index contributed by atoms with van der Waals surface area (Å²) in [6, 6.07) is 8.46. The zero-order valence-electron chi connectivity index (χ0n) is 12.9. The third-order valence-electron chi connectivity index (χ3n) is 3.92. The Morgan fingerprint density at radius 1 is 1.30 bits per heavy atom. The molecule has 0 spiro atoms. The molecule has 0 N–H and O–H groups in total. The molecular weight excluding hydrogens is 268 g/mol. The van der Waals surface area contributed by atoms with Crippen LogP contribution in [0.2, 0.25) is 0 Å². The van der Waals surface area contributed by atoms with Crippen molar-refractivity contribution in [3.63, 3.8) is 0 Å². The Labute approximate surface area is 126 Å². The van der Waals surface area contributed by atoms with Crippen molar-refractivity contribution < 1.29 is 9.53 Å². The van der Waals surface area contributed by atoms with Gasteiger partial charge in [0.1, 0.15) is 0 Å². The molecule has 0 amide bonds. The highest BCUT2D eigenvalue weighted by Crippen LogP contribution is 2.41. The lowest BCUT2D eigenvalue weighted by Crippen LogP contribution is -2.41. The molecule has 20 heavy (non-hydrogen) atoms. The van der Waals surface area contributed by atoms with Crippen LogP contribution < -0.4 is 0 Å². The second-order valence-electron chi connectivity index (χ2n) is 6.62. The monoisotopic (exact) mass is 292 g/mol.